The van der Waals surface area contributed by atoms with Gasteiger partial charge in [0.05, 0.1) is 16.3 Å². The fourth-order valence-electron chi connectivity index (χ4n) is 1.90. The molecule has 1 heterocycles. The van der Waals surface area contributed by atoms with E-state index in [0.29, 0.717) is 21.3 Å². The standard InChI is InChI=1S/C13H9Cl2NO3/c14-7-3-4-8(9(15)5-7)12-16-10(6-1-2-6)11(19-12)13(17)18/h3-6H,1-2H2,(H,17,18). The third-order valence-electron chi connectivity index (χ3n) is 2.97. The molecule has 1 N–H and O–H groups in total. The van der Waals surface area contributed by atoms with Crippen molar-refractivity contribution in [2.24, 2.45) is 0 Å². The van der Waals surface area contributed by atoms with Crippen molar-refractivity contribution in [2.75, 3.05) is 0 Å². The highest BCUT2D eigenvalue weighted by Gasteiger charge is 2.33. The summed E-state index contributed by atoms with van der Waals surface area (Å²) in [6.07, 6.45) is 1.89. The van der Waals surface area contributed by atoms with Crippen molar-refractivity contribution in [3.63, 3.8) is 0 Å². The number of carbonyl (C=O) groups is 1. The normalized spacial score (nSPS) is 14.6. The fourth-order valence-corrected chi connectivity index (χ4v) is 2.39. The van der Waals surface area contributed by atoms with Gasteiger partial charge in [-0.1, -0.05) is 23.2 Å². The number of carboxylic acids is 1. The van der Waals surface area contributed by atoms with E-state index < -0.39 is 5.97 Å². The van der Waals surface area contributed by atoms with Gasteiger partial charge < -0.3 is 9.52 Å². The van der Waals surface area contributed by atoms with Crippen LogP contribution in [0.25, 0.3) is 11.5 Å². The van der Waals surface area contributed by atoms with Crippen LogP contribution in [0, 0.1) is 0 Å². The van der Waals surface area contributed by atoms with Gasteiger partial charge in [-0.25, -0.2) is 9.78 Å². The van der Waals surface area contributed by atoms with Crippen molar-refractivity contribution in [2.45, 2.75) is 18.8 Å². The van der Waals surface area contributed by atoms with Crippen LogP contribution in [0.5, 0.6) is 0 Å². The largest absolute Gasteiger partial charge is 0.475 e. The molecule has 3 rings (SSSR count). The lowest BCUT2D eigenvalue weighted by molar-refractivity contribution is 0.0661. The Morgan fingerprint density at radius 2 is 2.11 bits per heavy atom. The van der Waals surface area contributed by atoms with Crippen LogP contribution in [0.4, 0.5) is 0 Å². The molecule has 1 saturated carbocycles. The zero-order valence-corrected chi connectivity index (χ0v) is 11.2. The lowest BCUT2D eigenvalue weighted by Gasteiger charge is -1.99. The van der Waals surface area contributed by atoms with Crippen LogP contribution in [-0.2, 0) is 0 Å². The van der Waals surface area contributed by atoms with Crippen molar-refractivity contribution in [3.8, 4) is 11.5 Å². The van der Waals surface area contributed by atoms with E-state index in [-0.39, 0.29) is 17.6 Å². The summed E-state index contributed by atoms with van der Waals surface area (Å²) in [7, 11) is 0. The molecule has 1 aliphatic rings. The molecule has 1 aromatic carbocycles. The summed E-state index contributed by atoms with van der Waals surface area (Å²) in [5.74, 6) is -0.787. The average Bonchev–Trinajstić information content (AvgIpc) is 3.09. The number of hydrogen-bond donors (Lipinski definition) is 1. The first-order valence-electron chi connectivity index (χ1n) is 5.75. The van der Waals surface area contributed by atoms with Crippen molar-refractivity contribution >= 4 is 29.2 Å². The first-order valence-corrected chi connectivity index (χ1v) is 6.51. The first kappa shape index (κ1) is 12.5. The molecule has 1 aromatic heterocycles. The van der Waals surface area contributed by atoms with E-state index in [9.17, 15) is 4.79 Å². The predicted molar refractivity (Wildman–Crippen MR) is 70.9 cm³/mol. The zero-order valence-electron chi connectivity index (χ0n) is 9.69. The summed E-state index contributed by atoms with van der Waals surface area (Å²) in [5, 5.41) is 10.0. The molecule has 0 bridgehead atoms. The van der Waals surface area contributed by atoms with E-state index >= 15 is 0 Å². The second-order valence-electron chi connectivity index (χ2n) is 4.44. The molecule has 2 aromatic rings. The summed E-state index contributed by atoms with van der Waals surface area (Å²) in [6, 6.07) is 4.89. The number of rotatable bonds is 3. The van der Waals surface area contributed by atoms with Crippen molar-refractivity contribution in [1.82, 2.24) is 4.98 Å². The van der Waals surface area contributed by atoms with Gasteiger partial charge in [0.15, 0.2) is 0 Å². The van der Waals surface area contributed by atoms with Gasteiger partial charge in [-0.15, -0.1) is 0 Å². The quantitative estimate of drug-likeness (QED) is 0.921. The molecular formula is C13H9Cl2NO3. The Hall–Kier alpha value is -1.52. The topological polar surface area (TPSA) is 63.3 Å². The lowest BCUT2D eigenvalue weighted by Crippen LogP contribution is -1.98. The number of aromatic carboxylic acids is 1. The highest BCUT2D eigenvalue weighted by atomic mass is 35.5. The van der Waals surface area contributed by atoms with E-state index in [0.717, 1.165) is 12.8 Å². The lowest BCUT2D eigenvalue weighted by atomic mass is 10.2. The number of aromatic nitrogens is 1. The molecule has 0 radical (unpaired) electrons. The molecule has 0 amide bonds. The van der Waals surface area contributed by atoms with E-state index in [1.165, 1.54) is 0 Å². The molecule has 0 unspecified atom stereocenters. The van der Waals surface area contributed by atoms with Crippen LogP contribution in [0.1, 0.15) is 35.0 Å². The zero-order chi connectivity index (χ0) is 13.6. The second-order valence-corrected chi connectivity index (χ2v) is 5.28. The summed E-state index contributed by atoms with van der Waals surface area (Å²) in [5.41, 5.74) is 1.05. The molecule has 19 heavy (non-hydrogen) atoms. The van der Waals surface area contributed by atoms with E-state index in [4.69, 9.17) is 32.7 Å². The SMILES string of the molecule is O=C(O)c1oc(-c2ccc(Cl)cc2Cl)nc1C1CC1. The Morgan fingerprint density at radius 1 is 1.37 bits per heavy atom. The number of benzene rings is 1. The van der Waals surface area contributed by atoms with Gasteiger partial charge in [-0.2, -0.15) is 0 Å². The van der Waals surface area contributed by atoms with Gasteiger partial charge in [0, 0.05) is 10.9 Å². The summed E-state index contributed by atoms with van der Waals surface area (Å²) in [4.78, 5) is 15.4. The van der Waals surface area contributed by atoms with Gasteiger partial charge in [-0.05, 0) is 31.0 Å². The first-order chi connectivity index (χ1) is 9.06. The number of halogens is 2. The highest BCUT2D eigenvalue weighted by molar-refractivity contribution is 6.36. The number of oxazole rings is 1. The summed E-state index contributed by atoms with van der Waals surface area (Å²) in [6.45, 7) is 0. The maximum Gasteiger partial charge on any atom is 0.373 e. The Kier molecular flexibility index (Phi) is 2.99. The Bertz CT molecular complexity index is 662. The maximum absolute atomic E-state index is 11.1. The average molecular weight is 298 g/mol. The van der Waals surface area contributed by atoms with Gasteiger partial charge in [0.25, 0.3) is 0 Å². The minimum Gasteiger partial charge on any atom is -0.475 e. The maximum atomic E-state index is 11.1. The van der Waals surface area contributed by atoms with Crippen molar-refractivity contribution < 1.29 is 14.3 Å². The predicted octanol–water partition coefficient (Wildman–Crippen LogP) is 4.22. The Labute approximate surface area is 119 Å². The van der Waals surface area contributed by atoms with Crippen LogP contribution < -0.4 is 0 Å². The van der Waals surface area contributed by atoms with Crippen LogP contribution >= 0.6 is 23.2 Å². The number of hydrogen-bond acceptors (Lipinski definition) is 3. The fraction of sp³-hybridized carbons (Fsp3) is 0.231. The molecule has 0 saturated heterocycles. The highest BCUT2D eigenvalue weighted by Crippen LogP contribution is 2.43. The van der Waals surface area contributed by atoms with E-state index in [1.54, 1.807) is 18.2 Å². The molecular weight excluding hydrogens is 289 g/mol. The Balaban J connectivity index is 2.10. The number of nitrogens with zero attached hydrogens (tertiary/aromatic N) is 1. The van der Waals surface area contributed by atoms with Crippen molar-refractivity contribution in [1.29, 1.82) is 0 Å². The van der Waals surface area contributed by atoms with Gasteiger partial charge >= 0.3 is 5.97 Å². The smallest absolute Gasteiger partial charge is 0.373 e. The molecule has 1 fully saturated rings. The number of carboxylic acid groups (broad SMARTS) is 1. The van der Waals surface area contributed by atoms with E-state index in [2.05, 4.69) is 4.98 Å². The molecule has 1 aliphatic carbocycles. The minimum atomic E-state index is -1.11. The molecule has 4 nitrogen and oxygen atoms in total. The summed E-state index contributed by atoms with van der Waals surface area (Å²) >= 11 is 11.9. The van der Waals surface area contributed by atoms with Gasteiger partial charge in [-0.3, -0.25) is 0 Å². The van der Waals surface area contributed by atoms with Gasteiger partial charge in [0.1, 0.15) is 0 Å². The third kappa shape index (κ3) is 2.33. The monoisotopic (exact) mass is 297 g/mol. The molecule has 0 aliphatic heterocycles. The molecule has 0 spiro atoms. The summed E-state index contributed by atoms with van der Waals surface area (Å²) < 4.78 is 5.35. The van der Waals surface area contributed by atoms with Crippen LogP contribution in [-0.4, -0.2) is 16.1 Å². The van der Waals surface area contributed by atoms with Crippen LogP contribution in [0.15, 0.2) is 22.6 Å². The molecule has 0 atom stereocenters. The van der Waals surface area contributed by atoms with E-state index in [1.807, 2.05) is 0 Å². The molecule has 6 heteroatoms. The third-order valence-corrected chi connectivity index (χ3v) is 3.52. The molecule has 98 valence electrons. The van der Waals surface area contributed by atoms with Crippen LogP contribution in [0.3, 0.4) is 0 Å². The second kappa shape index (κ2) is 4.54. The Morgan fingerprint density at radius 3 is 2.68 bits per heavy atom. The van der Waals surface area contributed by atoms with Crippen LogP contribution in [0.2, 0.25) is 10.0 Å². The van der Waals surface area contributed by atoms with Crippen molar-refractivity contribution in [3.05, 3.63) is 39.7 Å². The minimum absolute atomic E-state index is 0.0940. The van der Waals surface area contributed by atoms with Gasteiger partial charge in [0.2, 0.25) is 11.7 Å².